The van der Waals surface area contributed by atoms with Gasteiger partial charge in [-0.2, -0.15) is 0 Å². The van der Waals surface area contributed by atoms with Gasteiger partial charge in [-0.25, -0.2) is 9.18 Å². The van der Waals surface area contributed by atoms with E-state index in [1.165, 1.54) is 29.2 Å². The van der Waals surface area contributed by atoms with Crippen LogP contribution in [0.2, 0.25) is 0 Å². The van der Waals surface area contributed by atoms with Crippen molar-refractivity contribution < 1.29 is 28.3 Å². The molecule has 0 spiro atoms. The lowest BCUT2D eigenvalue weighted by molar-refractivity contribution is -0.136. The monoisotopic (exact) mass is 440 g/mol. The number of carbonyl (C=O) groups excluding carboxylic acids is 1. The van der Waals surface area contributed by atoms with E-state index < -0.39 is 17.8 Å². The number of rotatable bonds is 5. The fourth-order valence-electron chi connectivity index (χ4n) is 3.87. The Morgan fingerprint density at radius 1 is 1.06 bits per heavy atom. The number of anilines is 1. The second-order valence-electron chi connectivity index (χ2n) is 7.73. The molecule has 6 nitrogen and oxygen atoms in total. The van der Waals surface area contributed by atoms with Gasteiger partial charge in [0.15, 0.2) is 0 Å². The van der Waals surface area contributed by atoms with Crippen LogP contribution in [0.4, 0.5) is 19.4 Å². The van der Waals surface area contributed by atoms with Gasteiger partial charge >= 0.3 is 12.0 Å². The average molecular weight is 440 g/mol. The molecule has 32 heavy (non-hydrogen) atoms. The number of carboxylic acid groups (broad SMARTS) is 1. The molecule has 0 unspecified atom stereocenters. The summed E-state index contributed by atoms with van der Waals surface area (Å²) in [5.41, 5.74) is 0.717. The van der Waals surface area contributed by atoms with Crippen LogP contribution in [0.5, 0.6) is 5.75 Å². The first kappa shape index (κ1) is 21.5. The first-order valence-corrected chi connectivity index (χ1v) is 10.3. The molecule has 8 heteroatoms. The molecule has 0 aliphatic carbocycles. The zero-order valence-electron chi connectivity index (χ0n) is 17.2. The van der Waals surface area contributed by atoms with Crippen molar-refractivity contribution in [3.63, 3.8) is 0 Å². The zero-order valence-corrected chi connectivity index (χ0v) is 17.2. The van der Waals surface area contributed by atoms with Crippen LogP contribution < -0.4 is 9.86 Å². The molecule has 1 aliphatic rings. The van der Waals surface area contributed by atoms with Gasteiger partial charge in [-0.15, -0.1) is 5.12 Å². The molecule has 0 atom stereocenters. The van der Waals surface area contributed by atoms with E-state index in [4.69, 9.17) is 9.84 Å². The number of urea groups is 1. The molecule has 0 radical (unpaired) electrons. The Bertz CT molecular complexity index is 1130. The van der Waals surface area contributed by atoms with E-state index in [1.807, 2.05) is 0 Å². The maximum absolute atomic E-state index is 14.4. The molecule has 0 aromatic heterocycles. The fourth-order valence-corrected chi connectivity index (χ4v) is 3.87. The van der Waals surface area contributed by atoms with Crippen molar-refractivity contribution in [2.24, 2.45) is 0 Å². The Labute approximate surface area is 183 Å². The maximum atomic E-state index is 14.4. The Balaban J connectivity index is 1.46. The van der Waals surface area contributed by atoms with Crippen LogP contribution in [0.1, 0.15) is 18.4 Å². The van der Waals surface area contributed by atoms with E-state index >= 15 is 0 Å². The number of hydrogen-bond acceptors (Lipinski definition) is 3. The van der Waals surface area contributed by atoms with E-state index in [9.17, 15) is 18.5 Å². The van der Waals surface area contributed by atoms with Gasteiger partial charge in [-0.1, -0.05) is 34.8 Å². The normalized spacial score (nSPS) is 14.4. The van der Waals surface area contributed by atoms with Gasteiger partial charge < -0.3 is 14.7 Å². The number of fused-ring (bicyclic) bond motifs is 1. The van der Waals surface area contributed by atoms with Gasteiger partial charge in [-0.3, -0.25) is 4.79 Å². The lowest BCUT2D eigenvalue weighted by Crippen LogP contribution is -2.46. The molecule has 0 saturated carbocycles. The number of halogens is 2. The van der Waals surface area contributed by atoms with Gasteiger partial charge in [0, 0.05) is 31.3 Å². The first-order chi connectivity index (χ1) is 15.4. The predicted molar refractivity (Wildman–Crippen MR) is 116 cm³/mol. The van der Waals surface area contributed by atoms with Crippen LogP contribution in [-0.2, 0) is 11.2 Å². The number of likely N-dealkylation sites (tertiary alicyclic amines) is 1. The van der Waals surface area contributed by atoms with E-state index in [-0.39, 0.29) is 23.3 Å². The number of carboxylic acids is 1. The van der Waals surface area contributed by atoms with Crippen molar-refractivity contribution in [2.45, 2.75) is 25.4 Å². The molecule has 1 aliphatic heterocycles. The molecule has 1 saturated heterocycles. The summed E-state index contributed by atoms with van der Waals surface area (Å²) in [4.78, 5) is 25.0. The Morgan fingerprint density at radius 3 is 2.47 bits per heavy atom. The molecular weight excluding hydrogens is 418 g/mol. The molecule has 2 amide bonds. The summed E-state index contributed by atoms with van der Waals surface area (Å²) in [6.45, 7) is 0.607. The number of piperidine rings is 1. The highest BCUT2D eigenvalue weighted by Crippen LogP contribution is 2.31. The average Bonchev–Trinajstić information content (AvgIpc) is 2.79. The summed E-state index contributed by atoms with van der Waals surface area (Å²) in [5.74, 6) is -0.990. The van der Waals surface area contributed by atoms with Crippen molar-refractivity contribution >= 4 is 28.5 Å². The Hall–Kier alpha value is -3.68. The number of benzene rings is 3. The van der Waals surface area contributed by atoms with Crippen LogP contribution in [0, 0.1) is 5.82 Å². The SMILES string of the molecule is O=C(O)Cc1cc(OC2CCN(C(=O)N(F)c3ccccc3)CC2)c2cc(F)ccc2c1. The summed E-state index contributed by atoms with van der Waals surface area (Å²) in [6.07, 6.45) is 0.487. The van der Waals surface area contributed by atoms with E-state index in [0.29, 0.717) is 48.0 Å². The van der Waals surface area contributed by atoms with Crippen molar-refractivity contribution in [1.29, 1.82) is 0 Å². The van der Waals surface area contributed by atoms with Gasteiger partial charge in [0.1, 0.15) is 17.7 Å². The number of hydrogen-bond donors (Lipinski definition) is 1. The molecule has 1 N–H and O–H groups in total. The molecular formula is C24H22F2N2O4. The smallest absolute Gasteiger partial charge is 0.352 e. The fraction of sp³-hybridized carbons (Fsp3) is 0.250. The van der Waals surface area contributed by atoms with Crippen LogP contribution in [0.15, 0.2) is 60.7 Å². The van der Waals surface area contributed by atoms with Gasteiger partial charge in [0.05, 0.1) is 12.1 Å². The van der Waals surface area contributed by atoms with E-state index in [1.54, 1.807) is 36.4 Å². The van der Waals surface area contributed by atoms with Crippen LogP contribution in [0.3, 0.4) is 0 Å². The van der Waals surface area contributed by atoms with E-state index in [2.05, 4.69) is 0 Å². The van der Waals surface area contributed by atoms with Crippen molar-refractivity contribution in [2.75, 3.05) is 18.2 Å². The molecule has 4 rings (SSSR count). The van der Waals surface area contributed by atoms with E-state index in [0.717, 1.165) is 0 Å². The second-order valence-corrected chi connectivity index (χ2v) is 7.73. The van der Waals surface area contributed by atoms with Crippen molar-refractivity contribution in [3.8, 4) is 5.75 Å². The number of ether oxygens (including phenoxy) is 1. The first-order valence-electron chi connectivity index (χ1n) is 10.3. The van der Waals surface area contributed by atoms with Crippen molar-refractivity contribution in [1.82, 2.24) is 4.90 Å². The lowest BCUT2D eigenvalue weighted by atomic mass is 10.0. The third-order valence-electron chi connectivity index (χ3n) is 5.45. The zero-order chi connectivity index (χ0) is 22.7. The summed E-state index contributed by atoms with van der Waals surface area (Å²) >= 11 is 0. The molecule has 0 bridgehead atoms. The topological polar surface area (TPSA) is 70.1 Å². The van der Waals surface area contributed by atoms with Crippen LogP contribution >= 0.6 is 0 Å². The minimum atomic E-state index is -0.974. The highest BCUT2D eigenvalue weighted by molar-refractivity contribution is 5.90. The summed E-state index contributed by atoms with van der Waals surface area (Å²) in [5, 5.41) is 10.5. The largest absolute Gasteiger partial charge is 0.490 e. The Morgan fingerprint density at radius 2 is 1.78 bits per heavy atom. The van der Waals surface area contributed by atoms with Gasteiger partial charge in [0.2, 0.25) is 0 Å². The molecule has 3 aromatic carbocycles. The maximum Gasteiger partial charge on any atom is 0.352 e. The minimum absolute atomic E-state index is 0.132. The molecule has 166 valence electrons. The molecule has 1 heterocycles. The third kappa shape index (κ3) is 4.80. The number of para-hydroxylation sites is 1. The van der Waals surface area contributed by atoms with Crippen LogP contribution in [-0.4, -0.2) is 41.2 Å². The molecule has 1 fully saturated rings. The highest BCUT2D eigenvalue weighted by atomic mass is 19.2. The quantitative estimate of drug-likeness (QED) is 0.570. The lowest BCUT2D eigenvalue weighted by Gasteiger charge is -2.33. The summed E-state index contributed by atoms with van der Waals surface area (Å²) < 4.78 is 34.4. The predicted octanol–water partition coefficient (Wildman–Crippen LogP) is 4.96. The highest BCUT2D eigenvalue weighted by Gasteiger charge is 2.28. The number of carbonyl (C=O) groups is 2. The van der Waals surface area contributed by atoms with Crippen LogP contribution in [0.25, 0.3) is 10.8 Å². The standard InChI is InChI=1S/C24H22F2N2O4/c25-18-7-6-17-12-16(14-23(29)30)13-22(21(17)15-18)32-20-8-10-27(11-9-20)24(31)28(26)19-4-2-1-3-5-19/h1-7,12-13,15,20H,8-11,14H2,(H,29,30). The van der Waals surface area contributed by atoms with Crippen molar-refractivity contribution in [3.05, 3.63) is 72.0 Å². The summed E-state index contributed by atoms with van der Waals surface area (Å²) in [6, 6.07) is 14.9. The van der Waals surface area contributed by atoms with Gasteiger partial charge in [0.25, 0.3) is 0 Å². The number of aliphatic carboxylic acids is 1. The number of amides is 2. The Kier molecular flexibility index (Phi) is 6.20. The third-order valence-corrected chi connectivity index (χ3v) is 5.45. The minimum Gasteiger partial charge on any atom is -0.490 e. The second kappa shape index (κ2) is 9.21. The summed E-state index contributed by atoms with van der Waals surface area (Å²) in [7, 11) is 0. The molecule has 3 aromatic rings. The van der Waals surface area contributed by atoms with Gasteiger partial charge in [-0.05, 0) is 41.3 Å². The number of nitrogens with zero attached hydrogens (tertiary/aromatic N) is 2.